The highest BCUT2D eigenvalue weighted by molar-refractivity contribution is 5.03. The average Bonchev–Trinajstić information content (AvgIpc) is 2.30. The summed E-state index contributed by atoms with van der Waals surface area (Å²) in [7, 11) is 0. The quantitative estimate of drug-likeness (QED) is 0.636. The lowest BCUT2D eigenvalue weighted by atomic mass is 10.2. The minimum Gasteiger partial charge on any atom is -0.330 e. The van der Waals surface area contributed by atoms with Crippen LogP contribution < -0.4 is 0 Å². The van der Waals surface area contributed by atoms with Crippen molar-refractivity contribution in [2.45, 2.75) is 40.2 Å². The largest absolute Gasteiger partial charge is 0.330 e. The zero-order valence-electron chi connectivity index (χ0n) is 7.76. The molecule has 0 amide bonds. The van der Waals surface area contributed by atoms with E-state index in [1.165, 1.54) is 5.69 Å². The monoisotopic (exact) mass is 152 g/mol. The Morgan fingerprint density at radius 1 is 1.55 bits per heavy atom. The molecule has 11 heavy (non-hydrogen) atoms. The van der Waals surface area contributed by atoms with Crippen molar-refractivity contribution in [3.8, 4) is 0 Å². The van der Waals surface area contributed by atoms with Crippen LogP contribution in [0.2, 0.25) is 0 Å². The molecule has 0 aliphatic rings. The predicted molar refractivity (Wildman–Crippen MR) is 46.7 cm³/mol. The zero-order chi connectivity index (χ0) is 8.43. The third kappa shape index (κ3) is 1.44. The molecule has 0 fully saturated rings. The van der Waals surface area contributed by atoms with E-state index >= 15 is 0 Å². The molecule has 1 aromatic heterocycles. The van der Waals surface area contributed by atoms with Crippen LogP contribution in [0.25, 0.3) is 0 Å². The van der Waals surface area contributed by atoms with Crippen LogP contribution >= 0.6 is 0 Å². The van der Waals surface area contributed by atoms with E-state index in [1.54, 1.807) is 0 Å². The summed E-state index contributed by atoms with van der Waals surface area (Å²) in [6.07, 6.45) is 3.10. The molecule has 0 bridgehead atoms. The minimum atomic E-state index is 0.581. The third-order valence-corrected chi connectivity index (χ3v) is 2.20. The van der Waals surface area contributed by atoms with Crippen LogP contribution in [0.5, 0.6) is 0 Å². The maximum Gasteiger partial charge on any atom is 0.105 e. The van der Waals surface area contributed by atoms with E-state index in [9.17, 15) is 0 Å². The first-order valence-electron chi connectivity index (χ1n) is 4.17. The van der Waals surface area contributed by atoms with Gasteiger partial charge in [0.15, 0.2) is 0 Å². The van der Waals surface area contributed by atoms with Crippen molar-refractivity contribution in [2.75, 3.05) is 0 Å². The Kier molecular flexibility index (Phi) is 2.32. The number of aryl methyl sites for hydroxylation is 2. The van der Waals surface area contributed by atoms with Crippen LogP contribution in [-0.2, 0) is 0 Å². The maximum atomic E-state index is 4.25. The van der Waals surface area contributed by atoms with Crippen LogP contribution in [0.4, 0.5) is 0 Å². The van der Waals surface area contributed by atoms with Gasteiger partial charge in [-0.15, -0.1) is 0 Å². The summed E-state index contributed by atoms with van der Waals surface area (Å²) in [5.74, 6) is 1.12. The lowest BCUT2D eigenvalue weighted by Gasteiger charge is -2.14. The lowest BCUT2D eigenvalue weighted by Crippen LogP contribution is -2.07. The Balaban J connectivity index is 3.00. The van der Waals surface area contributed by atoms with Gasteiger partial charge in [0.2, 0.25) is 0 Å². The van der Waals surface area contributed by atoms with E-state index in [1.807, 2.05) is 6.20 Å². The van der Waals surface area contributed by atoms with Crippen LogP contribution in [0.1, 0.15) is 37.8 Å². The van der Waals surface area contributed by atoms with Gasteiger partial charge in [-0.25, -0.2) is 4.98 Å². The van der Waals surface area contributed by atoms with E-state index < -0.39 is 0 Å². The van der Waals surface area contributed by atoms with Gasteiger partial charge in [-0.2, -0.15) is 0 Å². The molecule has 1 rings (SSSR count). The number of hydrogen-bond donors (Lipinski definition) is 0. The molecule has 0 aromatic carbocycles. The van der Waals surface area contributed by atoms with Gasteiger partial charge in [-0.1, -0.05) is 6.92 Å². The van der Waals surface area contributed by atoms with Crippen LogP contribution in [0.3, 0.4) is 0 Å². The Labute approximate surface area is 68.3 Å². The minimum absolute atomic E-state index is 0.581. The smallest absolute Gasteiger partial charge is 0.105 e. The van der Waals surface area contributed by atoms with Gasteiger partial charge < -0.3 is 4.57 Å². The number of nitrogens with zero attached hydrogens (tertiary/aromatic N) is 2. The van der Waals surface area contributed by atoms with E-state index in [2.05, 4.69) is 37.2 Å². The van der Waals surface area contributed by atoms with Crippen molar-refractivity contribution in [1.82, 2.24) is 9.55 Å². The Morgan fingerprint density at radius 3 is 2.55 bits per heavy atom. The first kappa shape index (κ1) is 8.31. The van der Waals surface area contributed by atoms with Crippen LogP contribution in [-0.4, -0.2) is 9.55 Å². The molecule has 62 valence electrons. The van der Waals surface area contributed by atoms with Crippen LogP contribution in [0.15, 0.2) is 6.20 Å². The molecule has 0 saturated carbocycles. The van der Waals surface area contributed by atoms with Crippen molar-refractivity contribution < 1.29 is 0 Å². The predicted octanol–water partition coefficient (Wildman–Crippen LogP) is 2.47. The molecule has 0 aliphatic carbocycles. The molecule has 0 spiro atoms. The van der Waals surface area contributed by atoms with E-state index in [0.717, 1.165) is 12.2 Å². The summed E-state index contributed by atoms with van der Waals surface area (Å²) >= 11 is 0. The molecular weight excluding hydrogens is 136 g/mol. The summed E-state index contributed by atoms with van der Waals surface area (Å²) in [6, 6.07) is 0.581. The Hall–Kier alpha value is -0.790. The van der Waals surface area contributed by atoms with Gasteiger partial charge in [0.05, 0.1) is 0 Å². The second kappa shape index (κ2) is 3.07. The maximum absolute atomic E-state index is 4.25. The average molecular weight is 152 g/mol. The fourth-order valence-corrected chi connectivity index (χ4v) is 1.42. The zero-order valence-corrected chi connectivity index (χ0v) is 7.76. The third-order valence-electron chi connectivity index (χ3n) is 2.20. The highest BCUT2D eigenvalue weighted by Gasteiger charge is 2.07. The molecule has 0 radical (unpaired) electrons. The SMILES string of the molecule is CCC(C)n1c(C)cnc1C. The summed E-state index contributed by atoms with van der Waals surface area (Å²) < 4.78 is 2.28. The first-order valence-corrected chi connectivity index (χ1v) is 4.17. The molecule has 2 nitrogen and oxygen atoms in total. The number of rotatable bonds is 2. The second-order valence-electron chi connectivity index (χ2n) is 3.07. The van der Waals surface area contributed by atoms with Crippen molar-refractivity contribution in [2.24, 2.45) is 0 Å². The molecule has 1 unspecified atom stereocenters. The highest BCUT2D eigenvalue weighted by atomic mass is 15.1. The second-order valence-corrected chi connectivity index (χ2v) is 3.07. The number of imidazole rings is 1. The first-order chi connectivity index (χ1) is 5.16. The Morgan fingerprint density at radius 2 is 2.18 bits per heavy atom. The lowest BCUT2D eigenvalue weighted by molar-refractivity contribution is 0.508. The van der Waals surface area contributed by atoms with Gasteiger partial charge in [0, 0.05) is 17.9 Å². The van der Waals surface area contributed by atoms with Crippen LogP contribution in [0, 0.1) is 13.8 Å². The fraction of sp³-hybridized carbons (Fsp3) is 0.667. The molecule has 0 N–H and O–H groups in total. The van der Waals surface area contributed by atoms with Gasteiger partial charge in [-0.05, 0) is 27.2 Å². The van der Waals surface area contributed by atoms with Crippen molar-refractivity contribution >= 4 is 0 Å². The number of hydrogen-bond acceptors (Lipinski definition) is 1. The van der Waals surface area contributed by atoms with Gasteiger partial charge in [0.25, 0.3) is 0 Å². The molecule has 1 aromatic rings. The van der Waals surface area contributed by atoms with Gasteiger partial charge >= 0.3 is 0 Å². The van der Waals surface area contributed by atoms with Crippen molar-refractivity contribution in [1.29, 1.82) is 0 Å². The van der Waals surface area contributed by atoms with E-state index in [0.29, 0.717) is 6.04 Å². The summed E-state index contributed by atoms with van der Waals surface area (Å²) in [5, 5.41) is 0. The van der Waals surface area contributed by atoms with E-state index in [4.69, 9.17) is 0 Å². The van der Waals surface area contributed by atoms with Gasteiger partial charge in [-0.3, -0.25) is 0 Å². The Bertz CT molecular complexity index is 218. The topological polar surface area (TPSA) is 17.8 Å². The summed E-state index contributed by atoms with van der Waals surface area (Å²) in [4.78, 5) is 4.25. The summed E-state index contributed by atoms with van der Waals surface area (Å²) in [5.41, 5.74) is 1.26. The van der Waals surface area contributed by atoms with Crippen molar-refractivity contribution in [3.63, 3.8) is 0 Å². The number of aromatic nitrogens is 2. The van der Waals surface area contributed by atoms with Gasteiger partial charge in [0.1, 0.15) is 5.82 Å². The highest BCUT2D eigenvalue weighted by Crippen LogP contribution is 2.15. The molecule has 1 atom stereocenters. The normalized spacial score (nSPS) is 13.5. The summed E-state index contributed by atoms with van der Waals surface area (Å²) in [6.45, 7) is 8.58. The fourth-order valence-electron chi connectivity index (χ4n) is 1.42. The molecule has 1 heterocycles. The molecular formula is C9H16N2. The molecule has 0 aliphatic heterocycles. The molecule has 2 heteroatoms. The standard InChI is InChI=1S/C9H16N2/c1-5-7(2)11-8(3)6-10-9(11)4/h6-7H,5H2,1-4H3. The molecule has 0 saturated heterocycles. The van der Waals surface area contributed by atoms with E-state index in [-0.39, 0.29) is 0 Å². The van der Waals surface area contributed by atoms with Crippen molar-refractivity contribution in [3.05, 3.63) is 17.7 Å².